The third-order valence-corrected chi connectivity index (χ3v) is 4.33. The van der Waals surface area contributed by atoms with Crippen LogP contribution in [0, 0.1) is 0 Å². The number of aromatic nitrogens is 2. The summed E-state index contributed by atoms with van der Waals surface area (Å²) in [6, 6.07) is -0.369. The van der Waals surface area contributed by atoms with E-state index in [9.17, 15) is 4.79 Å². The average molecular weight is 394 g/mol. The summed E-state index contributed by atoms with van der Waals surface area (Å²) >= 11 is 0. The fourth-order valence-corrected chi connectivity index (χ4v) is 2.87. The number of benzene rings is 1. The van der Waals surface area contributed by atoms with Crippen molar-refractivity contribution in [3.8, 4) is 11.5 Å². The summed E-state index contributed by atoms with van der Waals surface area (Å²) in [5, 5.41) is 2.81. The van der Waals surface area contributed by atoms with Crippen LogP contribution < -0.4 is 25.4 Å². The molecule has 1 unspecified atom stereocenters. The fourth-order valence-electron chi connectivity index (χ4n) is 2.87. The summed E-state index contributed by atoms with van der Waals surface area (Å²) in [5.41, 5.74) is 6.03. The maximum absolute atomic E-state index is 12.1. The van der Waals surface area contributed by atoms with Crippen LogP contribution in [0.4, 0.5) is 11.8 Å². The molecule has 1 saturated heterocycles. The maximum atomic E-state index is 12.1. The van der Waals surface area contributed by atoms with Gasteiger partial charge in [0.05, 0.1) is 22.5 Å². The lowest BCUT2D eigenvalue weighted by molar-refractivity contribution is -0.130. The number of amides is 1. The zero-order chi connectivity index (χ0) is 24.3. The van der Waals surface area contributed by atoms with E-state index in [1.807, 2.05) is 0 Å². The minimum absolute atomic E-state index is 0.00714. The topological polar surface area (TPSA) is 112 Å². The number of fused-ring (bicyclic) bond motifs is 1. The smallest absolute Gasteiger partial charge is 0.249 e. The average Bonchev–Trinajstić information content (AvgIpc) is 3.29. The van der Waals surface area contributed by atoms with Gasteiger partial charge in [-0.3, -0.25) is 4.79 Å². The zero-order valence-electron chi connectivity index (χ0n) is 20.9. The summed E-state index contributed by atoms with van der Waals surface area (Å²) < 4.78 is 56.2. The molecule has 1 atom stereocenters. The largest absolute Gasteiger partial charge is 0.493 e. The van der Waals surface area contributed by atoms with E-state index in [1.165, 1.54) is 14.2 Å². The van der Waals surface area contributed by atoms with Gasteiger partial charge in [-0.05, 0) is 25.3 Å². The highest BCUT2D eigenvalue weighted by Gasteiger charge is 2.22. The van der Waals surface area contributed by atoms with E-state index < -0.39 is 13.1 Å². The van der Waals surface area contributed by atoms with Crippen LogP contribution in [0.25, 0.3) is 10.9 Å². The lowest BCUT2D eigenvalue weighted by Crippen LogP contribution is -2.36. The molecule has 0 saturated carbocycles. The SMILES string of the molecule is [2H]c1c(OC)c(OC)c([2H])c2c(N)nc(N(CCCNC(=O)C3CCCO3)C([2H])([2H])[2H])nc12. The molecule has 9 heteroatoms. The van der Waals surface area contributed by atoms with Crippen LogP contribution in [0.2, 0.25) is 0 Å². The Bertz CT molecular complexity index is 1030. The summed E-state index contributed by atoms with van der Waals surface area (Å²) in [7, 11) is 2.66. The van der Waals surface area contributed by atoms with E-state index in [1.54, 1.807) is 0 Å². The van der Waals surface area contributed by atoms with Crippen molar-refractivity contribution in [2.45, 2.75) is 25.4 Å². The monoisotopic (exact) mass is 394 g/mol. The van der Waals surface area contributed by atoms with Gasteiger partial charge < -0.3 is 30.2 Å². The van der Waals surface area contributed by atoms with Crippen LogP contribution >= 0.6 is 0 Å². The first kappa shape index (κ1) is 14.2. The molecule has 1 aliphatic rings. The number of anilines is 2. The Morgan fingerprint density at radius 3 is 2.89 bits per heavy atom. The van der Waals surface area contributed by atoms with Gasteiger partial charge in [0.1, 0.15) is 11.9 Å². The van der Waals surface area contributed by atoms with Gasteiger partial charge in [-0.1, -0.05) is 0 Å². The summed E-state index contributed by atoms with van der Waals surface area (Å²) in [5.74, 6) is -0.605. The van der Waals surface area contributed by atoms with Gasteiger partial charge in [0.2, 0.25) is 11.9 Å². The van der Waals surface area contributed by atoms with Crippen molar-refractivity contribution in [3.63, 3.8) is 0 Å². The molecule has 9 nitrogen and oxygen atoms in total. The molecule has 0 radical (unpaired) electrons. The van der Waals surface area contributed by atoms with Crippen molar-refractivity contribution in [2.24, 2.45) is 0 Å². The Morgan fingerprint density at radius 1 is 1.43 bits per heavy atom. The predicted molar refractivity (Wildman–Crippen MR) is 107 cm³/mol. The van der Waals surface area contributed by atoms with Crippen LogP contribution in [0.5, 0.6) is 11.5 Å². The summed E-state index contributed by atoms with van der Waals surface area (Å²) in [6.45, 7) is -1.83. The van der Waals surface area contributed by atoms with Gasteiger partial charge in [0.25, 0.3) is 0 Å². The Balaban J connectivity index is 1.88. The van der Waals surface area contributed by atoms with Gasteiger partial charge in [0.15, 0.2) is 11.5 Å². The molecule has 0 bridgehead atoms. The standard InChI is InChI=1S/C19H27N5O4/c1-24(8-5-7-21-18(25)14-6-4-9-28-14)19-22-13-11-16(27-3)15(26-2)10-12(13)17(20)23-19/h10-11,14H,4-9H2,1-3H3,(H,21,25)(H2,20,22,23)/i1D3,10D,11D. The lowest BCUT2D eigenvalue weighted by atomic mass is 10.2. The van der Waals surface area contributed by atoms with Gasteiger partial charge >= 0.3 is 0 Å². The molecule has 0 spiro atoms. The second kappa shape index (κ2) is 8.92. The number of carbonyl (C=O) groups is 1. The second-order valence-corrected chi connectivity index (χ2v) is 6.25. The molecular weight excluding hydrogens is 362 g/mol. The Morgan fingerprint density at radius 2 is 2.21 bits per heavy atom. The highest BCUT2D eigenvalue weighted by molar-refractivity contribution is 5.91. The zero-order valence-corrected chi connectivity index (χ0v) is 15.9. The molecule has 28 heavy (non-hydrogen) atoms. The number of methoxy groups -OCH3 is 2. The molecule has 1 amide bonds. The Hall–Kier alpha value is -2.81. The van der Waals surface area contributed by atoms with Crippen LogP contribution in [0.3, 0.4) is 0 Å². The number of ether oxygens (including phenoxy) is 3. The first-order chi connectivity index (χ1) is 15.6. The Labute approximate surface area is 171 Å². The van der Waals surface area contributed by atoms with Crippen molar-refractivity contribution in [1.82, 2.24) is 15.3 Å². The van der Waals surface area contributed by atoms with Gasteiger partial charge in [-0.25, -0.2) is 4.98 Å². The molecule has 3 rings (SSSR count). The van der Waals surface area contributed by atoms with Crippen molar-refractivity contribution in [2.75, 3.05) is 51.5 Å². The van der Waals surface area contributed by atoms with Crippen LogP contribution in [0.15, 0.2) is 12.1 Å². The minimum Gasteiger partial charge on any atom is -0.493 e. The lowest BCUT2D eigenvalue weighted by Gasteiger charge is -2.19. The highest BCUT2D eigenvalue weighted by atomic mass is 16.5. The fraction of sp³-hybridized carbons (Fsp3) is 0.526. The predicted octanol–water partition coefficient (Wildman–Crippen LogP) is 1.35. The van der Waals surface area contributed by atoms with Crippen LogP contribution in [-0.4, -0.2) is 62.9 Å². The van der Waals surface area contributed by atoms with E-state index in [-0.39, 0.29) is 65.2 Å². The molecule has 1 aromatic heterocycles. The second-order valence-electron chi connectivity index (χ2n) is 6.25. The maximum Gasteiger partial charge on any atom is 0.249 e. The first-order valence-corrected chi connectivity index (χ1v) is 8.95. The van der Waals surface area contributed by atoms with Crippen molar-refractivity contribution in [1.29, 1.82) is 0 Å². The molecule has 0 aliphatic carbocycles. The minimum atomic E-state index is -2.61. The highest BCUT2D eigenvalue weighted by Crippen LogP contribution is 2.33. The van der Waals surface area contributed by atoms with E-state index >= 15 is 0 Å². The van der Waals surface area contributed by atoms with Crippen molar-refractivity contribution in [3.05, 3.63) is 12.1 Å². The quantitative estimate of drug-likeness (QED) is 0.646. The third kappa shape index (κ3) is 4.36. The number of carbonyl (C=O) groups excluding carboxylic acids is 1. The molecule has 2 aromatic rings. The molecular formula is C19H27N5O4. The Kier molecular flexibility index (Phi) is 4.53. The molecule has 3 N–H and O–H groups in total. The number of hydrogen-bond donors (Lipinski definition) is 2. The van der Waals surface area contributed by atoms with Crippen LogP contribution in [-0.2, 0) is 9.53 Å². The number of hydrogen-bond acceptors (Lipinski definition) is 8. The number of nitrogens with two attached hydrogens (primary N) is 1. The molecule has 1 fully saturated rings. The van der Waals surface area contributed by atoms with Crippen molar-refractivity contribution < 1.29 is 25.9 Å². The molecule has 152 valence electrons. The summed E-state index contributed by atoms with van der Waals surface area (Å²) in [4.78, 5) is 21.4. The van der Waals surface area contributed by atoms with Crippen LogP contribution in [0.1, 0.15) is 26.1 Å². The van der Waals surface area contributed by atoms with Gasteiger partial charge in [-0.2, -0.15) is 4.98 Å². The number of nitrogens with one attached hydrogen (secondary N) is 1. The third-order valence-electron chi connectivity index (χ3n) is 4.33. The van der Waals surface area contributed by atoms with E-state index in [2.05, 4.69) is 15.3 Å². The van der Waals surface area contributed by atoms with E-state index in [0.29, 0.717) is 19.4 Å². The molecule has 1 aliphatic heterocycles. The van der Waals surface area contributed by atoms with E-state index in [0.717, 1.165) is 11.3 Å². The first-order valence-electron chi connectivity index (χ1n) is 11.5. The van der Waals surface area contributed by atoms with Crippen molar-refractivity contribution >= 4 is 28.6 Å². The summed E-state index contributed by atoms with van der Waals surface area (Å²) in [6.07, 6.45) is 1.33. The number of rotatable bonds is 8. The number of nitrogens with zero attached hydrogens (tertiary/aromatic N) is 3. The normalized spacial score (nSPS) is 19.2. The van der Waals surface area contributed by atoms with Gasteiger partial charge in [0, 0.05) is 42.2 Å². The molecule has 2 heterocycles. The van der Waals surface area contributed by atoms with E-state index in [4.69, 9.17) is 26.8 Å². The number of nitrogen functional groups attached to an aromatic ring is 1. The van der Waals surface area contributed by atoms with Gasteiger partial charge in [-0.15, -0.1) is 0 Å². The molecule has 1 aromatic carbocycles.